The number of piperidine rings is 1. The molecule has 0 unspecified atom stereocenters. The first kappa shape index (κ1) is 19.9. The van der Waals surface area contributed by atoms with Gasteiger partial charge in [0.1, 0.15) is 17.1 Å². The molecule has 0 bridgehead atoms. The Morgan fingerprint density at radius 1 is 0.968 bits per heavy atom. The molecule has 4 aromatic rings. The number of hydrazine groups is 1. The van der Waals surface area contributed by atoms with E-state index < -0.39 is 0 Å². The second-order valence-corrected chi connectivity index (χ2v) is 8.33. The van der Waals surface area contributed by atoms with Gasteiger partial charge in [0.2, 0.25) is 0 Å². The van der Waals surface area contributed by atoms with Crippen LogP contribution < -0.4 is 5.43 Å². The smallest absolute Gasteiger partial charge is 0.301 e. The maximum absolute atomic E-state index is 12.5. The fraction of sp³-hybridized carbons (Fsp3) is 0.240. The summed E-state index contributed by atoms with van der Waals surface area (Å²) in [6.07, 6.45) is 3.89. The van der Waals surface area contributed by atoms with Crippen molar-refractivity contribution < 1.29 is 13.6 Å². The van der Waals surface area contributed by atoms with Crippen molar-refractivity contribution in [3.63, 3.8) is 0 Å². The summed E-state index contributed by atoms with van der Waals surface area (Å²) in [4.78, 5) is 12.5. The minimum atomic E-state index is -0.214. The highest BCUT2D eigenvalue weighted by molar-refractivity contribution is 6.31. The Balaban J connectivity index is 1.38. The van der Waals surface area contributed by atoms with E-state index in [1.54, 1.807) is 6.07 Å². The van der Waals surface area contributed by atoms with Crippen LogP contribution in [0, 0.1) is 0 Å². The van der Waals surface area contributed by atoms with Crippen LogP contribution in [0.5, 0.6) is 0 Å². The van der Waals surface area contributed by atoms with Crippen LogP contribution in [0.1, 0.15) is 41.1 Å². The molecular formula is C25H23ClN2O3. The molecule has 6 heteroatoms. The van der Waals surface area contributed by atoms with Crippen molar-refractivity contribution in [1.82, 2.24) is 10.4 Å². The third-order valence-corrected chi connectivity index (χ3v) is 5.80. The first-order valence-electron chi connectivity index (χ1n) is 10.6. The highest BCUT2D eigenvalue weighted by Gasteiger charge is 2.18. The maximum Gasteiger partial charge on any atom is 0.301 e. The SMILES string of the molecule is O=C(NN1CCCCC1)c1ccc(Cc2cc(Cl)cc3cc(-c4ccccc4)oc23)o1. The maximum atomic E-state index is 12.5. The molecule has 1 N–H and O–H groups in total. The van der Waals surface area contributed by atoms with E-state index in [0.29, 0.717) is 23.0 Å². The highest BCUT2D eigenvalue weighted by atomic mass is 35.5. The summed E-state index contributed by atoms with van der Waals surface area (Å²) in [5.74, 6) is 1.57. The quantitative estimate of drug-likeness (QED) is 0.414. The predicted molar refractivity (Wildman–Crippen MR) is 121 cm³/mol. The molecule has 3 heterocycles. The van der Waals surface area contributed by atoms with Crippen LogP contribution >= 0.6 is 11.6 Å². The average Bonchev–Trinajstić information content (AvgIpc) is 3.42. The topological polar surface area (TPSA) is 58.6 Å². The van der Waals surface area contributed by atoms with Crippen molar-refractivity contribution in [2.24, 2.45) is 0 Å². The van der Waals surface area contributed by atoms with Crippen LogP contribution in [0.15, 0.2) is 69.5 Å². The van der Waals surface area contributed by atoms with Crippen LogP contribution in [0.25, 0.3) is 22.3 Å². The Labute approximate surface area is 185 Å². The molecule has 1 aliphatic heterocycles. The minimum Gasteiger partial charge on any atom is -0.456 e. The zero-order chi connectivity index (χ0) is 21.2. The molecule has 1 aliphatic rings. The fourth-order valence-corrected chi connectivity index (χ4v) is 4.30. The van der Waals surface area contributed by atoms with Crippen LogP contribution in [0.4, 0.5) is 0 Å². The first-order valence-corrected chi connectivity index (χ1v) is 11.0. The van der Waals surface area contributed by atoms with E-state index in [1.165, 1.54) is 6.42 Å². The summed E-state index contributed by atoms with van der Waals surface area (Å²) in [5.41, 5.74) is 5.64. The summed E-state index contributed by atoms with van der Waals surface area (Å²) < 4.78 is 12.0. The number of furan rings is 2. The number of amides is 1. The van der Waals surface area contributed by atoms with Gasteiger partial charge in [0.15, 0.2) is 5.76 Å². The lowest BCUT2D eigenvalue weighted by molar-refractivity contribution is 0.0719. The van der Waals surface area contributed by atoms with Gasteiger partial charge in [0, 0.05) is 41.0 Å². The van der Waals surface area contributed by atoms with E-state index in [1.807, 2.05) is 59.6 Å². The largest absolute Gasteiger partial charge is 0.456 e. The Kier molecular flexibility index (Phi) is 5.53. The molecule has 1 saturated heterocycles. The van der Waals surface area contributed by atoms with E-state index in [9.17, 15) is 4.79 Å². The number of carbonyl (C=O) groups is 1. The van der Waals surface area contributed by atoms with Crippen molar-refractivity contribution in [2.45, 2.75) is 25.7 Å². The van der Waals surface area contributed by atoms with E-state index >= 15 is 0 Å². The minimum absolute atomic E-state index is 0.214. The Bertz CT molecular complexity index is 1210. The van der Waals surface area contributed by atoms with Crippen LogP contribution in [-0.2, 0) is 6.42 Å². The number of halogens is 1. The number of rotatable bonds is 5. The molecule has 2 aromatic carbocycles. The summed E-state index contributed by atoms with van der Waals surface area (Å²) in [6, 6.07) is 19.3. The lowest BCUT2D eigenvalue weighted by Gasteiger charge is -2.26. The molecule has 0 atom stereocenters. The van der Waals surface area contributed by atoms with E-state index in [0.717, 1.165) is 53.8 Å². The van der Waals surface area contributed by atoms with Gasteiger partial charge in [-0.05, 0) is 43.2 Å². The number of nitrogens with zero attached hydrogens (tertiary/aromatic N) is 1. The normalized spacial score (nSPS) is 14.7. The number of fused-ring (bicyclic) bond motifs is 1. The summed E-state index contributed by atoms with van der Waals surface area (Å²) in [6.45, 7) is 1.75. The van der Waals surface area contributed by atoms with Crippen molar-refractivity contribution >= 4 is 28.5 Å². The zero-order valence-corrected chi connectivity index (χ0v) is 17.8. The number of hydrogen-bond acceptors (Lipinski definition) is 4. The zero-order valence-electron chi connectivity index (χ0n) is 17.1. The Morgan fingerprint density at radius 2 is 1.77 bits per heavy atom. The molecule has 2 aromatic heterocycles. The van der Waals surface area contributed by atoms with E-state index in [2.05, 4.69) is 5.43 Å². The summed E-state index contributed by atoms with van der Waals surface area (Å²) in [5, 5.41) is 3.54. The van der Waals surface area contributed by atoms with Crippen LogP contribution in [-0.4, -0.2) is 24.0 Å². The highest BCUT2D eigenvalue weighted by Crippen LogP contribution is 2.33. The molecule has 158 valence electrons. The monoisotopic (exact) mass is 434 g/mol. The average molecular weight is 435 g/mol. The fourth-order valence-electron chi connectivity index (χ4n) is 4.05. The first-order chi connectivity index (χ1) is 15.2. The second kappa shape index (κ2) is 8.61. The number of nitrogens with one attached hydrogen (secondary N) is 1. The van der Waals surface area contributed by atoms with Gasteiger partial charge in [-0.25, -0.2) is 5.01 Å². The third-order valence-electron chi connectivity index (χ3n) is 5.58. The molecule has 1 amide bonds. The summed E-state index contributed by atoms with van der Waals surface area (Å²) in [7, 11) is 0. The van der Waals surface area contributed by atoms with Gasteiger partial charge in [0.25, 0.3) is 0 Å². The van der Waals surface area contributed by atoms with E-state index in [4.69, 9.17) is 20.4 Å². The predicted octanol–water partition coefficient (Wildman–Crippen LogP) is 6.07. The van der Waals surface area contributed by atoms with Gasteiger partial charge in [-0.1, -0.05) is 48.4 Å². The molecule has 0 spiro atoms. The number of carbonyl (C=O) groups excluding carboxylic acids is 1. The molecule has 31 heavy (non-hydrogen) atoms. The Morgan fingerprint density at radius 3 is 2.58 bits per heavy atom. The molecular weight excluding hydrogens is 412 g/mol. The molecule has 5 rings (SSSR count). The van der Waals surface area contributed by atoms with Crippen molar-refractivity contribution in [3.05, 3.63) is 82.8 Å². The third kappa shape index (κ3) is 4.38. The van der Waals surface area contributed by atoms with Gasteiger partial charge in [0.05, 0.1) is 0 Å². The van der Waals surface area contributed by atoms with Crippen LogP contribution in [0.2, 0.25) is 5.02 Å². The molecule has 0 aliphatic carbocycles. The second-order valence-electron chi connectivity index (χ2n) is 7.89. The van der Waals surface area contributed by atoms with Gasteiger partial charge >= 0.3 is 5.91 Å². The Hall–Kier alpha value is -3.02. The molecule has 0 saturated carbocycles. The van der Waals surface area contributed by atoms with Crippen LogP contribution in [0.3, 0.4) is 0 Å². The van der Waals surface area contributed by atoms with E-state index in [-0.39, 0.29) is 5.91 Å². The van der Waals surface area contributed by atoms with Crippen molar-refractivity contribution in [2.75, 3.05) is 13.1 Å². The lowest BCUT2D eigenvalue weighted by atomic mass is 10.1. The lowest BCUT2D eigenvalue weighted by Crippen LogP contribution is -2.44. The number of benzene rings is 2. The van der Waals surface area contributed by atoms with Gasteiger partial charge in [-0.2, -0.15) is 0 Å². The number of hydrogen-bond donors (Lipinski definition) is 1. The van der Waals surface area contributed by atoms with Gasteiger partial charge in [-0.15, -0.1) is 0 Å². The van der Waals surface area contributed by atoms with Gasteiger partial charge in [-0.3, -0.25) is 10.2 Å². The molecule has 5 nitrogen and oxygen atoms in total. The molecule has 1 fully saturated rings. The standard InChI is InChI=1S/C25H23ClN2O3/c26-20-13-18(24-19(14-20)16-23(31-24)17-7-3-1-4-8-17)15-21-9-10-22(30-21)25(29)27-28-11-5-2-6-12-28/h1,3-4,7-10,13-14,16H,2,5-6,11-12,15H2,(H,27,29). The summed E-state index contributed by atoms with van der Waals surface area (Å²) >= 11 is 6.37. The molecule has 0 radical (unpaired) electrons. The van der Waals surface area contributed by atoms with Crippen molar-refractivity contribution in [3.8, 4) is 11.3 Å². The van der Waals surface area contributed by atoms with Gasteiger partial charge < -0.3 is 8.83 Å². The van der Waals surface area contributed by atoms with Crippen molar-refractivity contribution in [1.29, 1.82) is 0 Å².